The summed E-state index contributed by atoms with van der Waals surface area (Å²) < 4.78 is 11.8. The van der Waals surface area contributed by atoms with Gasteiger partial charge >= 0.3 is 0 Å². The Bertz CT molecular complexity index is 1010. The number of hydrogen-bond acceptors (Lipinski definition) is 5. The van der Waals surface area contributed by atoms with E-state index in [1.165, 1.54) is 23.8 Å². The largest absolute Gasteiger partial charge is 0.493 e. The zero-order valence-electron chi connectivity index (χ0n) is 15.5. The molecule has 29 heavy (non-hydrogen) atoms. The van der Waals surface area contributed by atoms with Crippen LogP contribution in [0.25, 0.3) is 6.08 Å². The number of thiocarbonyl (C=S) groups is 1. The summed E-state index contributed by atoms with van der Waals surface area (Å²) in [5.41, 5.74) is 1.54. The van der Waals surface area contributed by atoms with E-state index < -0.39 is 0 Å². The molecule has 1 amide bonds. The fourth-order valence-electron chi connectivity index (χ4n) is 2.67. The molecule has 0 N–H and O–H groups in total. The molecule has 4 nitrogen and oxygen atoms in total. The topological polar surface area (TPSA) is 38.8 Å². The maximum Gasteiger partial charge on any atom is 0.266 e. The minimum Gasteiger partial charge on any atom is -0.493 e. The third-order valence-electron chi connectivity index (χ3n) is 4.06. The van der Waals surface area contributed by atoms with Crippen LogP contribution in [0.1, 0.15) is 11.1 Å². The Morgan fingerprint density at radius 2 is 2.00 bits per heavy atom. The van der Waals surface area contributed by atoms with Crippen molar-refractivity contribution < 1.29 is 14.3 Å². The summed E-state index contributed by atoms with van der Waals surface area (Å²) in [5.74, 6) is 0.705. The fourth-order valence-corrected chi connectivity index (χ4v) is 4.41. The van der Waals surface area contributed by atoms with Gasteiger partial charge in [-0.15, -0.1) is 6.58 Å². The second kappa shape index (κ2) is 9.67. The quantitative estimate of drug-likeness (QED) is 0.286. The summed E-state index contributed by atoms with van der Waals surface area (Å²) in [6.07, 6.45) is 3.37. The second-order valence-corrected chi connectivity index (χ2v) is 8.49. The van der Waals surface area contributed by atoms with Crippen molar-refractivity contribution in [3.8, 4) is 11.5 Å². The van der Waals surface area contributed by atoms with Crippen LogP contribution in [-0.4, -0.2) is 28.8 Å². The van der Waals surface area contributed by atoms with E-state index >= 15 is 0 Å². The van der Waals surface area contributed by atoms with E-state index in [1.807, 2.05) is 18.2 Å². The van der Waals surface area contributed by atoms with Crippen molar-refractivity contribution in [1.29, 1.82) is 0 Å². The first-order chi connectivity index (χ1) is 13.9. The second-order valence-electron chi connectivity index (χ2n) is 6.00. The van der Waals surface area contributed by atoms with Crippen LogP contribution in [0.15, 0.2) is 54.0 Å². The van der Waals surface area contributed by atoms with E-state index in [2.05, 4.69) is 6.58 Å². The predicted octanol–water partition coefficient (Wildman–Crippen LogP) is 5.97. The van der Waals surface area contributed by atoms with Crippen LogP contribution < -0.4 is 9.47 Å². The van der Waals surface area contributed by atoms with Crippen molar-refractivity contribution in [1.82, 2.24) is 4.90 Å². The number of carbonyl (C=O) groups is 1. The Hall–Kier alpha value is -1.99. The number of ether oxygens (including phenoxy) is 2. The maximum atomic E-state index is 12.5. The molecule has 1 saturated heterocycles. The number of nitrogens with zero attached hydrogens (tertiary/aromatic N) is 1. The van der Waals surface area contributed by atoms with E-state index in [4.69, 9.17) is 44.9 Å². The zero-order valence-corrected chi connectivity index (χ0v) is 18.6. The lowest BCUT2D eigenvalue weighted by atomic mass is 10.1. The van der Waals surface area contributed by atoms with Crippen LogP contribution in [0, 0.1) is 0 Å². The molecule has 0 aliphatic carbocycles. The number of amides is 1. The van der Waals surface area contributed by atoms with Crippen LogP contribution in [0.2, 0.25) is 10.0 Å². The van der Waals surface area contributed by atoms with E-state index in [9.17, 15) is 4.79 Å². The summed E-state index contributed by atoms with van der Waals surface area (Å²) in [6.45, 7) is 4.27. The molecule has 0 atom stereocenters. The van der Waals surface area contributed by atoms with Gasteiger partial charge in [-0.1, -0.05) is 71.5 Å². The lowest BCUT2D eigenvalue weighted by molar-refractivity contribution is -0.121. The molecule has 1 aliphatic rings. The summed E-state index contributed by atoms with van der Waals surface area (Å²) in [7, 11) is 1.53. The standard InChI is InChI=1S/C21H17Cl2NO3S2/c1-3-8-24-20(25)18(29-21(24)28)11-13-9-16(23)19(17(10-13)26-2)27-12-14-6-4-5-7-15(14)22/h3-7,9-11H,1,8,12H2,2H3/b18-11+. The fraction of sp³-hybridized carbons (Fsp3) is 0.143. The van der Waals surface area contributed by atoms with Gasteiger partial charge < -0.3 is 9.47 Å². The lowest BCUT2D eigenvalue weighted by Crippen LogP contribution is -2.27. The van der Waals surface area contributed by atoms with Crippen molar-refractivity contribution >= 4 is 63.5 Å². The van der Waals surface area contributed by atoms with E-state index in [0.717, 1.165) is 5.56 Å². The number of methoxy groups -OCH3 is 1. The van der Waals surface area contributed by atoms with Crippen molar-refractivity contribution in [2.75, 3.05) is 13.7 Å². The van der Waals surface area contributed by atoms with Crippen LogP contribution >= 0.6 is 47.2 Å². The molecule has 0 spiro atoms. The monoisotopic (exact) mass is 465 g/mol. The SMILES string of the molecule is C=CCN1C(=O)/C(=C\c2cc(Cl)c(OCc3ccccc3Cl)c(OC)c2)SC1=S. The molecule has 150 valence electrons. The molecule has 1 aliphatic heterocycles. The van der Waals surface area contributed by atoms with Crippen molar-refractivity contribution in [3.63, 3.8) is 0 Å². The van der Waals surface area contributed by atoms with E-state index in [1.54, 1.807) is 30.4 Å². The molecular weight excluding hydrogens is 449 g/mol. The lowest BCUT2D eigenvalue weighted by Gasteiger charge is -2.14. The first-order valence-corrected chi connectivity index (χ1v) is 10.5. The minimum atomic E-state index is -0.158. The first kappa shape index (κ1) is 21.7. The third-order valence-corrected chi connectivity index (χ3v) is 6.09. The van der Waals surface area contributed by atoms with Gasteiger partial charge in [0.05, 0.1) is 17.0 Å². The van der Waals surface area contributed by atoms with E-state index in [0.29, 0.717) is 42.9 Å². The number of rotatable bonds is 7. The number of benzene rings is 2. The summed E-state index contributed by atoms with van der Waals surface area (Å²) >= 11 is 19.1. The summed E-state index contributed by atoms with van der Waals surface area (Å²) in [5, 5.41) is 0.977. The first-order valence-electron chi connectivity index (χ1n) is 8.54. The Morgan fingerprint density at radius 1 is 1.24 bits per heavy atom. The van der Waals surface area contributed by atoms with Gasteiger partial charge in [-0.25, -0.2) is 0 Å². The molecule has 8 heteroatoms. The maximum absolute atomic E-state index is 12.5. The van der Waals surface area contributed by atoms with Gasteiger partial charge in [0, 0.05) is 17.1 Å². The van der Waals surface area contributed by atoms with Crippen LogP contribution in [0.3, 0.4) is 0 Å². The third kappa shape index (κ3) is 4.95. The van der Waals surface area contributed by atoms with Gasteiger partial charge in [0.15, 0.2) is 11.5 Å². The molecule has 3 rings (SSSR count). The molecule has 2 aromatic rings. The van der Waals surface area contributed by atoms with E-state index in [-0.39, 0.29) is 12.5 Å². The Labute approximate surface area is 189 Å². The molecular formula is C21H17Cl2NO3S2. The van der Waals surface area contributed by atoms with Gasteiger partial charge in [-0.3, -0.25) is 9.69 Å². The predicted molar refractivity (Wildman–Crippen MR) is 124 cm³/mol. The summed E-state index contributed by atoms with van der Waals surface area (Å²) in [6, 6.07) is 10.9. The molecule has 1 heterocycles. The van der Waals surface area contributed by atoms with Crippen LogP contribution in [0.4, 0.5) is 0 Å². The highest BCUT2D eigenvalue weighted by atomic mass is 35.5. The minimum absolute atomic E-state index is 0.158. The van der Waals surface area contributed by atoms with Crippen molar-refractivity contribution in [3.05, 3.63) is 75.1 Å². The molecule has 0 unspecified atom stereocenters. The normalized spacial score (nSPS) is 15.1. The number of hydrogen-bond donors (Lipinski definition) is 0. The summed E-state index contributed by atoms with van der Waals surface area (Å²) in [4.78, 5) is 14.5. The molecule has 1 fully saturated rings. The Kier molecular flexibility index (Phi) is 7.24. The van der Waals surface area contributed by atoms with Gasteiger partial charge in [0.1, 0.15) is 10.9 Å². The van der Waals surface area contributed by atoms with Crippen molar-refractivity contribution in [2.45, 2.75) is 6.61 Å². The molecule has 0 saturated carbocycles. The molecule has 0 aromatic heterocycles. The Morgan fingerprint density at radius 3 is 2.69 bits per heavy atom. The van der Waals surface area contributed by atoms with Crippen LogP contribution in [-0.2, 0) is 11.4 Å². The molecule has 2 aromatic carbocycles. The van der Waals surface area contributed by atoms with Gasteiger partial charge in [-0.2, -0.15) is 0 Å². The average molecular weight is 466 g/mol. The zero-order chi connectivity index (χ0) is 21.0. The number of carbonyl (C=O) groups excluding carboxylic acids is 1. The Balaban J connectivity index is 1.85. The van der Waals surface area contributed by atoms with Gasteiger partial charge in [0.2, 0.25) is 0 Å². The highest BCUT2D eigenvalue weighted by Crippen LogP contribution is 2.39. The van der Waals surface area contributed by atoms with Gasteiger partial charge in [-0.05, 0) is 29.8 Å². The number of thioether (sulfide) groups is 1. The van der Waals surface area contributed by atoms with Gasteiger partial charge in [0.25, 0.3) is 5.91 Å². The van der Waals surface area contributed by atoms with Crippen molar-refractivity contribution in [2.24, 2.45) is 0 Å². The molecule has 0 bridgehead atoms. The number of halogens is 2. The van der Waals surface area contributed by atoms with Crippen LogP contribution in [0.5, 0.6) is 11.5 Å². The molecule has 0 radical (unpaired) electrons. The highest BCUT2D eigenvalue weighted by Gasteiger charge is 2.31. The average Bonchev–Trinajstić information content (AvgIpc) is 2.95. The highest BCUT2D eigenvalue weighted by molar-refractivity contribution is 8.26. The smallest absolute Gasteiger partial charge is 0.266 e.